The van der Waals surface area contributed by atoms with Crippen LogP contribution >= 0.6 is 47.5 Å². The molecule has 5 atom stereocenters. The molecular formula is C30H36F4N12O14S4. The van der Waals surface area contributed by atoms with E-state index < -0.39 is 120 Å². The lowest BCUT2D eigenvalue weighted by Crippen LogP contribution is -2.82. The number of nitrogens with one attached hydrogen (secondary N) is 2. The van der Waals surface area contributed by atoms with Gasteiger partial charge in [-0.05, 0) is 38.6 Å². The van der Waals surface area contributed by atoms with Crippen molar-refractivity contribution in [2.45, 2.75) is 60.2 Å². The van der Waals surface area contributed by atoms with Crippen molar-refractivity contribution in [3.05, 3.63) is 16.0 Å². The first-order valence-corrected chi connectivity index (χ1v) is 21.4. The number of carbonyl (C=O) groups excluding carboxylic acids is 4. The summed E-state index contributed by atoms with van der Waals surface area (Å²) in [6, 6.07) is 0. The Hall–Kier alpha value is -4.84. The molecular weight excluding hydrogens is 957 g/mol. The lowest BCUT2D eigenvalue weighted by Gasteiger charge is -2.55. The number of nitrogens with zero attached hydrogens (tertiary/aromatic N) is 10. The third-order valence-corrected chi connectivity index (χ3v) is 11.9. The number of thioether (sulfide) groups is 3. The van der Waals surface area contributed by atoms with Crippen molar-refractivity contribution in [3.8, 4) is 0 Å². The number of tetrazole rings is 2. The molecule has 3 aliphatic heterocycles. The summed E-state index contributed by atoms with van der Waals surface area (Å²) < 4.78 is 82.1. The molecule has 2 aromatic rings. The van der Waals surface area contributed by atoms with Gasteiger partial charge in [0.15, 0.2) is 6.23 Å². The van der Waals surface area contributed by atoms with E-state index in [4.69, 9.17) is 35.9 Å². The molecule has 0 saturated carbocycles. The second-order valence-electron chi connectivity index (χ2n) is 12.9. The predicted octanol–water partition coefficient (Wildman–Crippen LogP) is -2.01. The van der Waals surface area contributed by atoms with E-state index in [2.05, 4.69) is 41.6 Å². The number of aliphatic carboxylic acids is 2. The standard InChI is InChI=1S/C30H36F4N12O14S4/c1-56-29(36-15(48)11-62-25(31)32,21-35-17(19(50)51)13(8-59-21)7-45-28(61)44(3-5-47)41-42-45)24(55)58-6-4-43-27(38-39-40-43)64-10-14-9-60-23-30(57-2,37-16(49)12-63-26(33)34)22(54)46(23)18(14)20(52)53/h13,21,23,25-26,47H,3-12H2,1-2H3,(H,36,48)(H,37,49)(H,50,51)(H,52,53)/t13-,21-,23-,29-,30+/m1/s1. The number of halogens is 4. The van der Waals surface area contributed by atoms with Gasteiger partial charge in [0.05, 0.1) is 56.9 Å². The maximum Gasteiger partial charge on any atom is 0.364 e. The number of aromatic nitrogens is 8. The molecule has 0 aliphatic carbocycles. The summed E-state index contributed by atoms with van der Waals surface area (Å²) in [5.74, 6) is -16.5. The number of alkyl halides is 4. The Balaban J connectivity index is 1.29. The number of β-lactam (4-membered cyclic amide) rings is 1. The summed E-state index contributed by atoms with van der Waals surface area (Å²) in [7, 11) is 1.94. The van der Waals surface area contributed by atoms with E-state index in [-0.39, 0.29) is 71.0 Å². The van der Waals surface area contributed by atoms with Gasteiger partial charge in [-0.15, -0.1) is 5.10 Å². The zero-order valence-electron chi connectivity index (χ0n) is 32.9. The van der Waals surface area contributed by atoms with Crippen molar-refractivity contribution < 1.29 is 85.3 Å². The molecule has 3 amide bonds. The second-order valence-corrected chi connectivity index (χ2v) is 16.2. The van der Waals surface area contributed by atoms with Gasteiger partial charge < -0.3 is 49.6 Å². The van der Waals surface area contributed by atoms with Gasteiger partial charge in [0.1, 0.15) is 18.0 Å². The molecule has 2 aromatic heterocycles. The highest BCUT2D eigenvalue weighted by Crippen LogP contribution is 2.41. The average molecular weight is 993 g/mol. The number of carbonyl (C=O) groups is 6. The fourth-order valence-corrected chi connectivity index (χ4v) is 8.02. The van der Waals surface area contributed by atoms with Gasteiger partial charge in [0.25, 0.3) is 28.9 Å². The molecule has 64 heavy (non-hydrogen) atoms. The van der Waals surface area contributed by atoms with Crippen LogP contribution < -0.4 is 10.6 Å². The van der Waals surface area contributed by atoms with Crippen LogP contribution in [-0.2, 0) is 72.1 Å². The van der Waals surface area contributed by atoms with Crippen LogP contribution in [0.4, 0.5) is 17.6 Å². The normalized spacial score (nSPS) is 21.8. The van der Waals surface area contributed by atoms with E-state index in [0.717, 1.165) is 40.2 Å². The summed E-state index contributed by atoms with van der Waals surface area (Å²) in [6.45, 7) is -2.36. The molecule has 34 heteroatoms. The van der Waals surface area contributed by atoms with Gasteiger partial charge in [-0.2, -0.15) is 17.6 Å². The molecule has 1 saturated heterocycles. The smallest absolute Gasteiger partial charge is 0.364 e. The number of amides is 3. The number of fused-ring (bicyclic) bond motifs is 1. The van der Waals surface area contributed by atoms with E-state index in [1.807, 2.05) is 0 Å². The number of hydrogen-bond acceptors (Lipinski definition) is 22. The zero-order chi connectivity index (χ0) is 46.9. The van der Waals surface area contributed by atoms with Crippen LogP contribution in [0.3, 0.4) is 0 Å². The van der Waals surface area contributed by atoms with Crippen LogP contribution in [0.25, 0.3) is 0 Å². The summed E-state index contributed by atoms with van der Waals surface area (Å²) in [5.41, 5.74) is -6.00. The van der Waals surface area contributed by atoms with Crippen molar-refractivity contribution >= 4 is 88.8 Å². The number of ether oxygens (including phenoxy) is 5. The minimum Gasteiger partial charge on any atom is -0.477 e. The van der Waals surface area contributed by atoms with Crippen molar-refractivity contribution in [1.82, 2.24) is 55.5 Å². The van der Waals surface area contributed by atoms with Gasteiger partial charge >= 0.3 is 17.9 Å². The molecule has 0 bridgehead atoms. The van der Waals surface area contributed by atoms with E-state index >= 15 is 0 Å². The van der Waals surface area contributed by atoms with Gasteiger partial charge in [-0.25, -0.2) is 33.4 Å². The molecule has 0 aromatic carbocycles. The highest BCUT2D eigenvalue weighted by molar-refractivity contribution is 8.00. The van der Waals surface area contributed by atoms with E-state index in [1.165, 1.54) is 4.68 Å². The number of rotatable bonds is 24. The number of methoxy groups -OCH3 is 2. The first-order valence-electron chi connectivity index (χ1n) is 18.0. The summed E-state index contributed by atoms with van der Waals surface area (Å²) >= 11 is 6.02. The summed E-state index contributed by atoms with van der Waals surface area (Å²) in [4.78, 5) is 81.9. The van der Waals surface area contributed by atoms with Crippen LogP contribution in [-0.4, -0.2) is 195 Å². The first-order chi connectivity index (χ1) is 30.4. The largest absolute Gasteiger partial charge is 0.477 e. The number of esters is 1. The number of aliphatic hydroxyl groups excluding tert-OH is 1. The highest BCUT2D eigenvalue weighted by atomic mass is 32.2. The van der Waals surface area contributed by atoms with Crippen LogP contribution in [0.5, 0.6) is 0 Å². The SMILES string of the molecule is CO[C@@](NC(=O)CSC(F)F)(C(=O)OCCn1nnnc1SCC1=C(C(=O)O)N2C(=O)[C@](NC(=O)CSC(F)F)(OC)[C@H]2OC1)[C@@H]1N=C(C(=O)O)[C@H](Cn2nnn(CCO)c2=S)CO1. The van der Waals surface area contributed by atoms with Crippen LogP contribution in [0.1, 0.15) is 0 Å². The Bertz CT molecular complexity index is 2220. The van der Waals surface area contributed by atoms with Crippen LogP contribution in [0, 0.1) is 10.7 Å². The van der Waals surface area contributed by atoms with Crippen molar-refractivity contribution in [3.63, 3.8) is 0 Å². The Morgan fingerprint density at radius 2 is 1.67 bits per heavy atom. The van der Waals surface area contributed by atoms with Crippen molar-refractivity contribution in [2.24, 2.45) is 10.9 Å². The fourth-order valence-electron chi connectivity index (χ4n) is 6.19. The average Bonchev–Trinajstić information content (AvgIpc) is 3.86. The van der Waals surface area contributed by atoms with Gasteiger partial charge in [0, 0.05) is 20.0 Å². The minimum atomic E-state index is -2.99. The molecule has 0 unspecified atom stereocenters. The highest BCUT2D eigenvalue weighted by Gasteiger charge is 2.67. The monoisotopic (exact) mass is 992 g/mol. The second kappa shape index (κ2) is 21.9. The molecule has 5 heterocycles. The lowest BCUT2D eigenvalue weighted by molar-refractivity contribution is -0.257. The summed E-state index contributed by atoms with van der Waals surface area (Å²) in [5, 5.41) is 52.6. The van der Waals surface area contributed by atoms with Crippen molar-refractivity contribution in [1.29, 1.82) is 0 Å². The Morgan fingerprint density at radius 3 is 2.30 bits per heavy atom. The number of aliphatic hydroxyl groups is 1. The number of hydrogen-bond donors (Lipinski definition) is 5. The van der Waals surface area contributed by atoms with Crippen molar-refractivity contribution in [2.75, 3.05) is 57.9 Å². The quantitative estimate of drug-likeness (QED) is 0.0189. The number of carboxylic acids is 2. The topological polar surface area (TPSA) is 328 Å². The Morgan fingerprint density at radius 1 is 0.984 bits per heavy atom. The van der Waals surface area contributed by atoms with E-state index in [1.54, 1.807) is 0 Å². The lowest BCUT2D eigenvalue weighted by atomic mass is 9.94. The van der Waals surface area contributed by atoms with E-state index in [0.29, 0.717) is 0 Å². The predicted molar refractivity (Wildman–Crippen MR) is 208 cm³/mol. The Labute approximate surface area is 373 Å². The maximum absolute atomic E-state index is 13.8. The Kier molecular flexibility index (Phi) is 17.2. The fraction of sp³-hybridized carbons (Fsp3) is 0.633. The molecule has 5 rings (SSSR count). The molecule has 0 spiro atoms. The zero-order valence-corrected chi connectivity index (χ0v) is 36.2. The molecule has 352 valence electrons. The van der Waals surface area contributed by atoms with Crippen LogP contribution in [0.2, 0.25) is 0 Å². The number of aliphatic imine (C=N–C) groups is 1. The molecule has 26 nitrogen and oxygen atoms in total. The molecule has 5 N–H and O–H groups in total. The molecule has 3 aliphatic rings. The third-order valence-electron chi connectivity index (χ3n) is 9.07. The molecule has 1 fully saturated rings. The number of carboxylic acid groups (broad SMARTS) is 2. The van der Waals surface area contributed by atoms with Gasteiger partial charge in [0.2, 0.25) is 28.0 Å². The molecule has 0 radical (unpaired) electrons. The maximum atomic E-state index is 13.8. The van der Waals surface area contributed by atoms with E-state index in [9.17, 15) is 61.6 Å². The van der Waals surface area contributed by atoms with Crippen LogP contribution in [0.15, 0.2) is 21.4 Å². The third kappa shape index (κ3) is 11.0. The summed E-state index contributed by atoms with van der Waals surface area (Å²) in [6.07, 6.45) is -3.43. The van der Waals surface area contributed by atoms with Gasteiger partial charge in [-0.1, -0.05) is 35.3 Å². The first kappa shape index (κ1) is 50.2. The van der Waals surface area contributed by atoms with Gasteiger partial charge in [-0.3, -0.25) is 19.3 Å². The minimum absolute atomic E-state index is 0.000625.